The lowest BCUT2D eigenvalue weighted by atomic mass is 10.1. The second-order valence-corrected chi connectivity index (χ2v) is 7.46. The van der Waals surface area contributed by atoms with Crippen LogP contribution in [0.15, 0.2) is 29.3 Å². The van der Waals surface area contributed by atoms with E-state index in [9.17, 15) is 9.90 Å². The van der Waals surface area contributed by atoms with E-state index in [1.807, 2.05) is 30.3 Å². The molecule has 0 saturated carbocycles. The van der Waals surface area contributed by atoms with Crippen molar-refractivity contribution in [1.29, 1.82) is 0 Å². The van der Waals surface area contributed by atoms with E-state index in [0.29, 0.717) is 21.8 Å². The number of para-hydroxylation sites is 1. The first-order chi connectivity index (χ1) is 12.1. The average molecular weight is 374 g/mol. The van der Waals surface area contributed by atoms with Crippen LogP contribution in [0.4, 0.5) is 5.69 Å². The molecule has 1 aliphatic rings. The Hall–Kier alpha value is -2.25. The van der Waals surface area contributed by atoms with E-state index >= 15 is 0 Å². The molecule has 7 heteroatoms. The minimum absolute atomic E-state index is 0.165. The Bertz CT molecular complexity index is 909. The number of hydrogen-bond acceptors (Lipinski definition) is 5. The van der Waals surface area contributed by atoms with Crippen molar-refractivity contribution in [2.24, 2.45) is 4.99 Å². The van der Waals surface area contributed by atoms with Crippen molar-refractivity contribution in [3.8, 4) is 5.88 Å². The zero-order valence-corrected chi connectivity index (χ0v) is 15.1. The number of carboxylic acid groups (broad SMARTS) is 1. The van der Waals surface area contributed by atoms with Gasteiger partial charge in [-0.15, -0.1) is 11.3 Å². The third kappa shape index (κ3) is 4.05. The van der Waals surface area contributed by atoms with Crippen LogP contribution in [0.25, 0.3) is 11.6 Å². The second-order valence-electron chi connectivity index (χ2n) is 5.79. The summed E-state index contributed by atoms with van der Waals surface area (Å²) in [5.41, 5.74) is 2.92. The van der Waals surface area contributed by atoms with Gasteiger partial charge in [-0.3, -0.25) is 14.4 Å². The second kappa shape index (κ2) is 7.76. The highest BCUT2D eigenvalue weighted by atomic mass is 32.1. The van der Waals surface area contributed by atoms with Crippen LogP contribution < -0.4 is 0 Å². The molecule has 2 N–H and O–H groups in total. The quantitative estimate of drug-likeness (QED) is 0.535. The Morgan fingerprint density at radius 2 is 2.08 bits per heavy atom. The normalized spacial score (nSPS) is 14.2. The molecular weight excluding hydrogens is 356 g/mol. The first-order valence-corrected chi connectivity index (χ1v) is 9.28. The summed E-state index contributed by atoms with van der Waals surface area (Å²) < 4.78 is 2.33. The minimum Gasteiger partial charge on any atom is -0.493 e. The zero-order valence-electron chi connectivity index (χ0n) is 13.5. The molecule has 0 unspecified atom stereocenters. The van der Waals surface area contributed by atoms with Gasteiger partial charge < -0.3 is 10.2 Å². The first-order valence-electron chi connectivity index (χ1n) is 8.06. The molecule has 0 aliphatic carbocycles. The number of allylic oxidation sites excluding steroid dienone is 1. The van der Waals surface area contributed by atoms with Gasteiger partial charge in [-0.1, -0.05) is 24.6 Å². The molecule has 0 saturated heterocycles. The molecule has 25 heavy (non-hydrogen) atoms. The third-order valence-electron chi connectivity index (χ3n) is 4.01. The Kier molecular flexibility index (Phi) is 5.45. The lowest BCUT2D eigenvalue weighted by Gasteiger charge is -2.04. The number of unbranched alkanes of at least 4 members (excludes halogenated alkanes) is 2. The summed E-state index contributed by atoms with van der Waals surface area (Å²) >= 11 is 6.73. The number of fused-ring (bicyclic) bond motifs is 1. The van der Waals surface area contributed by atoms with E-state index in [1.54, 1.807) is 10.8 Å². The van der Waals surface area contributed by atoms with Gasteiger partial charge in [0.2, 0.25) is 5.88 Å². The van der Waals surface area contributed by atoms with Crippen molar-refractivity contribution >= 4 is 53.1 Å². The highest BCUT2D eigenvalue weighted by Crippen LogP contribution is 2.35. The molecule has 0 atom stereocenters. The van der Waals surface area contributed by atoms with Gasteiger partial charge in [0.1, 0.15) is 0 Å². The van der Waals surface area contributed by atoms with Gasteiger partial charge in [0, 0.05) is 30.3 Å². The smallest absolute Gasteiger partial charge is 0.303 e. The largest absolute Gasteiger partial charge is 0.493 e. The summed E-state index contributed by atoms with van der Waals surface area (Å²) in [6.45, 7) is 0.592. The van der Waals surface area contributed by atoms with Gasteiger partial charge in [-0.05, 0) is 37.2 Å². The molecule has 0 radical (unpaired) electrons. The number of rotatable bonds is 7. The summed E-state index contributed by atoms with van der Waals surface area (Å²) in [6.07, 6.45) is 6.09. The molecule has 130 valence electrons. The van der Waals surface area contributed by atoms with Crippen LogP contribution in [-0.2, 0) is 11.3 Å². The number of thiazole rings is 1. The van der Waals surface area contributed by atoms with Crippen LogP contribution in [0, 0.1) is 3.95 Å². The van der Waals surface area contributed by atoms with E-state index in [2.05, 4.69) is 4.99 Å². The van der Waals surface area contributed by atoms with Gasteiger partial charge in [-0.25, -0.2) is 0 Å². The van der Waals surface area contributed by atoms with E-state index in [4.69, 9.17) is 17.3 Å². The number of aromatic nitrogens is 1. The van der Waals surface area contributed by atoms with Crippen molar-refractivity contribution < 1.29 is 15.0 Å². The molecule has 1 aliphatic heterocycles. The molecule has 0 bridgehead atoms. The van der Waals surface area contributed by atoms with Crippen LogP contribution >= 0.6 is 23.6 Å². The number of benzene rings is 1. The predicted octanol–water partition coefficient (Wildman–Crippen LogP) is 4.89. The van der Waals surface area contributed by atoms with E-state index in [1.165, 1.54) is 11.3 Å². The SMILES string of the molecule is O=C(O)CCCCCn1c(O)c(C=C2C=Nc3ccccc32)sc1=S. The predicted molar refractivity (Wildman–Crippen MR) is 103 cm³/mol. The van der Waals surface area contributed by atoms with Gasteiger partial charge in [0.05, 0.1) is 10.6 Å². The molecule has 2 heterocycles. The fourth-order valence-corrected chi connectivity index (χ4v) is 4.03. The van der Waals surface area contributed by atoms with E-state index in [-0.39, 0.29) is 12.3 Å². The van der Waals surface area contributed by atoms with Crippen molar-refractivity contribution in [3.05, 3.63) is 38.7 Å². The lowest BCUT2D eigenvalue weighted by molar-refractivity contribution is -0.137. The van der Waals surface area contributed by atoms with E-state index < -0.39 is 5.97 Å². The molecule has 2 aromatic rings. The lowest BCUT2D eigenvalue weighted by Crippen LogP contribution is -1.99. The van der Waals surface area contributed by atoms with Crippen LogP contribution in [-0.4, -0.2) is 27.0 Å². The number of carboxylic acids is 1. The van der Waals surface area contributed by atoms with Crippen molar-refractivity contribution in [3.63, 3.8) is 0 Å². The number of aliphatic carboxylic acids is 1. The molecule has 5 nitrogen and oxygen atoms in total. The molecule has 1 aromatic heterocycles. The number of aromatic hydroxyl groups is 1. The van der Waals surface area contributed by atoms with Crippen LogP contribution in [0.5, 0.6) is 5.88 Å². The van der Waals surface area contributed by atoms with Crippen LogP contribution in [0.2, 0.25) is 0 Å². The van der Waals surface area contributed by atoms with Gasteiger partial charge in [-0.2, -0.15) is 0 Å². The standard InChI is InChI=1S/C18H18N2O3S2/c21-16(22)8-2-1-5-9-20-17(23)15(25-18(20)24)10-12-11-19-14-7-4-3-6-13(12)14/h3-4,6-7,10-11,23H,1-2,5,8-9H2,(H,21,22). The summed E-state index contributed by atoms with van der Waals surface area (Å²) in [6, 6.07) is 7.87. The zero-order chi connectivity index (χ0) is 17.8. The topological polar surface area (TPSA) is 74.8 Å². The molecular formula is C18H18N2O3S2. The number of aliphatic imine (C=N–C) groups is 1. The monoisotopic (exact) mass is 374 g/mol. The maximum Gasteiger partial charge on any atom is 0.303 e. The highest BCUT2D eigenvalue weighted by Gasteiger charge is 2.15. The maximum absolute atomic E-state index is 10.5. The third-order valence-corrected chi connectivity index (χ3v) is 5.40. The van der Waals surface area contributed by atoms with Gasteiger partial charge in [0.25, 0.3) is 0 Å². The molecule has 0 fully saturated rings. The van der Waals surface area contributed by atoms with Gasteiger partial charge >= 0.3 is 5.97 Å². The minimum atomic E-state index is -0.776. The maximum atomic E-state index is 10.5. The highest BCUT2D eigenvalue weighted by molar-refractivity contribution is 7.73. The van der Waals surface area contributed by atoms with Crippen molar-refractivity contribution in [2.75, 3.05) is 0 Å². The number of hydrogen-bond donors (Lipinski definition) is 2. The Morgan fingerprint density at radius 3 is 2.88 bits per heavy atom. The molecule has 0 amide bonds. The average Bonchev–Trinajstić information content (AvgIpc) is 3.10. The summed E-state index contributed by atoms with van der Waals surface area (Å²) in [7, 11) is 0. The van der Waals surface area contributed by atoms with E-state index in [0.717, 1.165) is 29.7 Å². The summed E-state index contributed by atoms with van der Waals surface area (Å²) in [5, 5.41) is 19.1. The fraction of sp³-hybridized carbons (Fsp3) is 0.278. The van der Waals surface area contributed by atoms with Crippen molar-refractivity contribution in [1.82, 2.24) is 4.57 Å². The molecule has 1 aromatic carbocycles. The fourth-order valence-electron chi connectivity index (χ4n) is 2.72. The van der Waals surface area contributed by atoms with Crippen LogP contribution in [0.1, 0.15) is 36.1 Å². The summed E-state index contributed by atoms with van der Waals surface area (Å²) in [4.78, 5) is 15.6. The molecule has 0 spiro atoms. The first kappa shape index (κ1) is 17.6. The Balaban J connectivity index is 1.73. The van der Waals surface area contributed by atoms with Gasteiger partial charge in [0.15, 0.2) is 3.95 Å². The Morgan fingerprint density at radius 1 is 1.28 bits per heavy atom. The molecule has 3 rings (SSSR count). The summed E-state index contributed by atoms with van der Waals surface area (Å²) in [5.74, 6) is -0.610. The van der Waals surface area contributed by atoms with Crippen molar-refractivity contribution in [2.45, 2.75) is 32.2 Å². The number of carbonyl (C=O) groups is 1. The van der Waals surface area contributed by atoms with Crippen LogP contribution in [0.3, 0.4) is 0 Å². The number of nitrogens with zero attached hydrogens (tertiary/aromatic N) is 2. The Labute approximate surface area is 154 Å².